The maximum atomic E-state index is 11.9. The van der Waals surface area contributed by atoms with Crippen LogP contribution in [0.5, 0.6) is 5.75 Å². The molecule has 27 heavy (non-hydrogen) atoms. The van der Waals surface area contributed by atoms with Gasteiger partial charge in [-0.2, -0.15) is 0 Å². The topological polar surface area (TPSA) is 93.7 Å². The van der Waals surface area contributed by atoms with Gasteiger partial charge in [0.15, 0.2) is 12.7 Å². The zero-order chi connectivity index (χ0) is 19.6. The summed E-state index contributed by atoms with van der Waals surface area (Å²) in [6.45, 7) is 1.35. The lowest BCUT2D eigenvalue weighted by Gasteiger charge is -2.14. The molecule has 3 amide bonds. The van der Waals surface area contributed by atoms with Gasteiger partial charge in [0.25, 0.3) is 5.91 Å². The minimum atomic E-state index is -0.890. The molecular weight excluding hydrogens is 436 g/mol. The molecule has 1 aromatic carbocycles. The first-order chi connectivity index (χ1) is 12.9. The van der Waals surface area contributed by atoms with E-state index in [1.54, 1.807) is 35.6 Å². The number of hydrogen-bond donors (Lipinski definition) is 2. The largest absolute Gasteiger partial charge is 0.479 e. The fourth-order valence-electron chi connectivity index (χ4n) is 1.98. The van der Waals surface area contributed by atoms with Crippen LogP contribution in [0.3, 0.4) is 0 Å². The van der Waals surface area contributed by atoms with Crippen LogP contribution in [-0.4, -0.2) is 37.2 Å². The van der Waals surface area contributed by atoms with Crippen molar-refractivity contribution >= 4 is 45.2 Å². The quantitative estimate of drug-likeness (QED) is 0.598. The Kier molecular flexibility index (Phi) is 8.28. The van der Waals surface area contributed by atoms with Gasteiger partial charge < -0.3 is 14.8 Å². The number of benzene rings is 1. The number of carbonyl (C=O) groups excluding carboxylic acids is 3. The number of hydrogen-bond acceptors (Lipinski definition) is 6. The summed E-state index contributed by atoms with van der Waals surface area (Å²) in [7, 11) is 0. The number of imide groups is 1. The van der Waals surface area contributed by atoms with Crippen molar-refractivity contribution in [2.24, 2.45) is 0 Å². The Labute approximate surface area is 169 Å². The molecule has 1 heterocycles. The van der Waals surface area contributed by atoms with E-state index in [2.05, 4.69) is 26.6 Å². The Bertz CT molecular complexity index is 765. The van der Waals surface area contributed by atoms with Gasteiger partial charge in [0, 0.05) is 15.9 Å². The van der Waals surface area contributed by atoms with E-state index in [-0.39, 0.29) is 0 Å². The predicted molar refractivity (Wildman–Crippen MR) is 105 cm³/mol. The number of amides is 3. The Balaban J connectivity index is 1.63. The van der Waals surface area contributed by atoms with E-state index in [0.717, 1.165) is 9.35 Å². The van der Waals surface area contributed by atoms with Crippen LogP contribution in [0.1, 0.15) is 11.8 Å². The molecule has 144 valence electrons. The second-order valence-corrected chi connectivity index (χ2v) is 7.40. The van der Waals surface area contributed by atoms with Gasteiger partial charge in [-0.15, -0.1) is 11.3 Å². The van der Waals surface area contributed by atoms with Gasteiger partial charge in [0.2, 0.25) is 0 Å². The van der Waals surface area contributed by atoms with Crippen LogP contribution < -0.4 is 15.4 Å². The summed E-state index contributed by atoms with van der Waals surface area (Å²) >= 11 is 4.90. The lowest BCUT2D eigenvalue weighted by molar-refractivity contribution is -0.154. The number of rotatable bonds is 8. The fourth-order valence-corrected chi connectivity index (χ4v) is 2.95. The molecule has 1 aromatic heterocycles. The number of nitrogens with one attached hydrogen (secondary N) is 2. The first-order valence-electron chi connectivity index (χ1n) is 8.13. The number of ether oxygens (including phenoxy) is 2. The molecule has 0 saturated carbocycles. The van der Waals surface area contributed by atoms with E-state index in [1.165, 1.54) is 6.92 Å². The molecule has 0 saturated heterocycles. The van der Waals surface area contributed by atoms with Gasteiger partial charge in [-0.25, -0.2) is 9.59 Å². The first-order valence-corrected chi connectivity index (χ1v) is 9.80. The Morgan fingerprint density at radius 2 is 1.93 bits per heavy atom. The molecular formula is C18H19BrN2O5S. The maximum absolute atomic E-state index is 11.9. The zero-order valence-corrected chi connectivity index (χ0v) is 17.0. The van der Waals surface area contributed by atoms with Crippen molar-refractivity contribution in [3.63, 3.8) is 0 Å². The number of halogens is 1. The smallest absolute Gasteiger partial charge is 0.347 e. The summed E-state index contributed by atoms with van der Waals surface area (Å²) in [6, 6.07) is 10.2. The van der Waals surface area contributed by atoms with E-state index in [0.29, 0.717) is 18.7 Å². The molecule has 0 radical (unpaired) electrons. The van der Waals surface area contributed by atoms with Crippen molar-refractivity contribution in [3.8, 4) is 5.75 Å². The van der Waals surface area contributed by atoms with Gasteiger partial charge in [0.05, 0.1) is 0 Å². The molecule has 1 unspecified atom stereocenters. The molecule has 0 bridgehead atoms. The van der Waals surface area contributed by atoms with Crippen molar-refractivity contribution in [2.75, 3.05) is 13.2 Å². The third-order valence-electron chi connectivity index (χ3n) is 3.29. The van der Waals surface area contributed by atoms with E-state index >= 15 is 0 Å². The molecule has 9 heteroatoms. The highest BCUT2D eigenvalue weighted by molar-refractivity contribution is 9.10. The van der Waals surface area contributed by atoms with Crippen molar-refractivity contribution in [1.82, 2.24) is 10.6 Å². The summed E-state index contributed by atoms with van der Waals surface area (Å²) in [5, 5.41) is 6.62. The SMILES string of the molecule is CC(Oc1ccc(Br)cc1)C(=O)OCC(=O)NC(=O)NCCc1cccs1. The van der Waals surface area contributed by atoms with Gasteiger partial charge in [-0.1, -0.05) is 22.0 Å². The predicted octanol–water partition coefficient (Wildman–Crippen LogP) is 2.89. The molecule has 2 N–H and O–H groups in total. The lowest BCUT2D eigenvalue weighted by Crippen LogP contribution is -2.42. The van der Waals surface area contributed by atoms with Gasteiger partial charge in [0.1, 0.15) is 5.75 Å². The van der Waals surface area contributed by atoms with E-state index < -0.39 is 30.6 Å². The Morgan fingerprint density at radius 3 is 2.59 bits per heavy atom. The third kappa shape index (κ3) is 7.79. The zero-order valence-electron chi connectivity index (χ0n) is 14.6. The van der Waals surface area contributed by atoms with E-state index in [9.17, 15) is 14.4 Å². The van der Waals surface area contributed by atoms with E-state index in [4.69, 9.17) is 9.47 Å². The summed E-state index contributed by atoms with van der Waals surface area (Å²) in [5.74, 6) is -0.920. The highest BCUT2D eigenvalue weighted by Crippen LogP contribution is 2.17. The standard InChI is InChI=1S/C18H19BrN2O5S/c1-12(26-14-6-4-13(19)5-7-14)17(23)25-11-16(22)21-18(24)20-9-8-15-3-2-10-27-15/h2-7,10,12H,8-9,11H2,1H3,(H2,20,21,22,24). The summed E-state index contributed by atoms with van der Waals surface area (Å²) < 4.78 is 11.2. The molecule has 0 aliphatic heterocycles. The van der Waals surface area contributed by atoms with Gasteiger partial charge in [-0.3, -0.25) is 10.1 Å². The van der Waals surface area contributed by atoms with Crippen LogP contribution in [0.15, 0.2) is 46.3 Å². The number of esters is 1. The molecule has 0 aliphatic carbocycles. The van der Waals surface area contributed by atoms with Gasteiger partial charge >= 0.3 is 12.0 Å². The summed E-state index contributed by atoms with van der Waals surface area (Å²) in [4.78, 5) is 36.3. The normalized spacial score (nSPS) is 11.3. The lowest BCUT2D eigenvalue weighted by atomic mass is 10.3. The second kappa shape index (κ2) is 10.7. The van der Waals surface area contributed by atoms with Gasteiger partial charge in [-0.05, 0) is 49.1 Å². The second-order valence-electron chi connectivity index (χ2n) is 5.46. The van der Waals surface area contributed by atoms with Crippen molar-refractivity contribution in [1.29, 1.82) is 0 Å². The van der Waals surface area contributed by atoms with Crippen molar-refractivity contribution < 1.29 is 23.9 Å². The van der Waals surface area contributed by atoms with Crippen LogP contribution in [0.4, 0.5) is 4.79 Å². The van der Waals surface area contributed by atoms with E-state index in [1.807, 2.05) is 17.5 Å². The third-order valence-corrected chi connectivity index (χ3v) is 4.76. The molecule has 1 atom stereocenters. The molecule has 0 spiro atoms. The molecule has 0 aliphatic rings. The highest BCUT2D eigenvalue weighted by atomic mass is 79.9. The minimum absolute atomic E-state index is 0.400. The number of carbonyl (C=O) groups is 3. The highest BCUT2D eigenvalue weighted by Gasteiger charge is 2.18. The average Bonchev–Trinajstić information content (AvgIpc) is 3.15. The molecule has 7 nitrogen and oxygen atoms in total. The maximum Gasteiger partial charge on any atom is 0.347 e. The molecule has 2 rings (SSSR count). The van der Waals surface area contributed by atoms with Crippen LogP contribution >= 0.6 is 27.3 Å². The monoisotopic (exact) mass is 454 g/mol. The van der Waals surface area contributed by atoms with Crippen LogP contribution in [-0.2, 0) is 20.7 Å². The number of thiophene rings is 1. The number of urea groups is 1. The summed E-state index contributed by atoms with van der Waals surface area (Å²) in [6.07, 6.45) is -0.210. The summed E-state index contributed by atoms with van der Waals surface area (Å²) in [5.41, 5.74) is 0. The Hall–Kier alpha value is -2.39. The van der Waals surface area contributed by atoms with Crippen LogP contribution in [0.2, 0.25) is 0 Å². The Morgan fingerprint density at radius 1 is 1.19 bits per heavy atom. The first kappa shape index (κ1) is 20.9. The minimum Gasteiger partial charge on any atom is -0.479 e. The fraction of sp³-hybridized carbons (Fsp3) is 0.278. The average molecular weight is 455 g/mol. The van der Waals surface area contributed by atoms with Crippen molar-refractivity contribution in [3.05, 3.63) is 51.1 Å². The van der Waals surface area contributed by atoms with Crippen LogP contribution in [0, 0.1) is 0 Å². The van der Waals surface area contributed by atoms with Crippen LogP contribution in [0.25, 0.3) is 0 Å². The molecule has 0 fully saturated rings. The van der Waals surface area contributed by atoms with Crippen molar-refractivity contribution in [2.45, 2.75) is 19.4 Å². The molecule has 2 aromatic rings.